The van der Waals surface area contributed by atoms with Gasteiger partial charge in [0, 0.05) is 0 Å². The molecule has 3 heteroatoms. The van der Waals surface area contributed by atoms with Crippen molar-refractivity contribution in [2.45, 2.75) is 64.9 Å². The first-order valence-electron chi connectivity index (χ1n) is 6.43. The lowest BCUT2D eigenvalue weighted by Crippen LogP contribution is -2.29. The highest BCUT2D eigenvalue weighted by atomic mass is 16.6. The molecule has 0 amide bonds. The van der Waals surface area contributed by atoms with E-state index in [0.717, 1.165) is 25.9 Å². The van der Waals surface area contributed by atoms with E-state index in [-0.39, 0.29) is 6.10 Å². The van der Waals surface area contributed by atoms with Crippen LogP contribution >= 0.6 is 0 Å². The van der Waals surface area contributed by atoms with E-state index in [4.69, 9.17) is 4.74 Å². The Balaban J connectivity index is 2.23. The Hall–Kier alpha value is -0.570. The molecule has 1 aliphatic rings. The number of carboxylic acids is 1. The van der Waals surface area contributed by atoms with Gasteiger partial charge in [-0.2, -0.15) is 0 Å². The Kier molecular flexibility index (Phi) is 5.26. The molecule has 1 fully saturated rings. The number of unbranched alkanes of at least 4 members (excludes halogenated alkanes) is 4. The fourth-order valence-corrected chi connectivity index (χ4v) is 2.10. The maximum Gasteiger partial charge on any atom is 0.309 e. The average molecular weight is 228 g/mol. The number of carbonyl (C=O) groups is 1. The van der Waals surface area contributed by atoms with Crippen molar-refractivity contribution in [3.8, 4) is 0 Å². The zero-order valence-corrected chi connectivity index (χ0v) is 10.5. The summed E-state index contributed by atoms with van der Waals surface area (Å²) in [6.45, 7) is 4.79. The van der Waals surface area contributed by atoms with Crippen LogP contribution in [0.25, 0.3) is 0 Å². The largest absolute Gasteiger partial charge is 0.481 e. The van der Waals surface area contributed by atoms with Crippen molar-refractivity contribution in [3.05, 3.63) is 0 Å². The van der Waals surface area contributed by atoms with Gasteiger partial charge in [-0.15, -0.1) is 0 Å². The van der Waals surface area contributed by atoms with Gasteiger partial charge in [0.15, 0.2) is 0 Å². The lowest BCUT2D eigenvalue weighted by atomic mass is 9.80. The molecule has 0 aromatic rings. The van der Waals surface area contributed by atoms with Crippen molar-refractivity contribution in [1.29, 1.82) is 0 Å². The molecule has 0 aromatic heterocycles. The third-order valence-corrected chi connectivity index (χ3v) is 3.43. The molecule has 1 rings (SSSR count). The summed E-state index contributed by atoms with van der Waals surface area (Å²) in [4.78, 5) is 11.2. The quantitative estimate of drug-likeness (QED) is 0.487. The number of rotatable bonds is 9. The molecule has 3 nitrogen and oxygen atoms in total. The summed E-state index contributed by atoms with van der Waals surface area (Å²) in [6.07, 6.45) is 7.56. The van der Waals surface area contributed by atoms with Crippen molar-refractivity contribution < 1.29 is 14.6 Å². The van der Waals surface area contributed by atoms with Crippen LogP contribution in [0.2, 0.25) is 0 Å². The molecule has 2 unspecified atom stereocenters. The van der Waals surface area contributed by atoms with E-state index in [1.807, 2.05) is 6.92 Å². The molecule has 1 aliphatic heterocycles. The summed E-state index contributed by atoms with van der Waals surface area (Å²) >= 11 is 0. The van der Waals surface area contributed by atoms with Crippen LogP contribution < -0.4 is 0 Å². The fourth-order valence-electron chi connectivity index (χ4n) is 2.10. The van der Waals surface area contributed by atoms with E-state index in [1.54, 1.807) is 0 Å². The SMILES string of the molecule is CCCCCCCC(C)(CC1CO1)C(=O)O. The summed E-state index contributed by atoms with van der Waals surface area (Å²) in [5, 5.41) is 9.26. The lowest BCUT2D eigenvalue weighted by molar-refractivity contribution is -0.149. The topological polar surface area (TPSA) is 49.8 Å². The van der Waals surface area contributed by atoms with Crippen LogP contribution in [-0.2, 0) is 9.53 Å². The molecular formula is C13H24O3. The van der Waals surface area contributed by atoms with Gasteiger partial charge in [-0.25, -0.2) is 0 Å². The van der Waals surface area contributed by atoms with Gasteiger partial charge >= 0.3 is 5.97 Å². The molecule has 0 aromatic carbocycles. The van der Waals surface area contributed by atoms with Crippen molar-refractivity contribution >= 4 is 5.97 Å². The monoisotopic (exact) mass is 228 g/mol. The molecular weight excluding hydrogens is 204 g/mol. The van der Waals surface area contributed by atoms with Gasteiger partial charge in [0.25, 0.3) is 0 Å². The first-order chi connectivity index (χ1) is 7.58. The van der Waals surface area contributed by atoms with Gasteiger partial charge in [-0.05, 0) is 19.8 Å². The molecule has 2 atom stereocenters. The molecule has 94 valence electrons. The maximum absolute atomic E-state index is 11.2. The minimum atomic E-state index is -0.668. The Morgan fingerprint density at radius 3 is 2.50 bits per heavy atom. The second-order valence-corrected chi connectivity index (χ2v) is 5.19. The summed E-state index contributed by atoms with van der Waals surface area (Å²) in [5.41, 5.74) is -0.576. The van der Waals surface area contributed by atoms with E-state index in [9.17, 15) is 9.90 Å². The molecule has 0 saturated carbocycles. The smallest absolute Gasteiger partial charge is 0.309 e. The molecule has 0 bridgehead atoms. The highest BCUT2D eigenvalue weighted by Gasteiger charge is 2.39. The van der Waals surface area contributed by atoms with Crippen LogP contribution in [0.15, 0.2) is 0 Å². The minimum Gasteiger partial charge on any atom is -0.481 e. The highest BCUT2D eigenvalue weighted by Crippen LogP contribution is 2.34. The zero-order chi connectivity index (χ0) is 12.0. The maximum atomic E-state index is 11.2. The van der Waals surface area contributed by atoms with Gasteiger partial charge in [-0.1, -0.05) is 39.0 Å². The van der Waals surface area contributed by atoms with E-state index < -0.39 is 11.4 Å². The third kappa shape index (κ3) is 4.52. The number of hydrogen-bond donors (Lipinski definition) is 1. The standard InChI is InChI=1S/C13H24O3/c1-3-4-5-6-7-8-13(2,12(14)15)9-11-10-16-11/h11H,3-10H2,1-2H3,(H,14,15). The zero-order valence-electron chi connectivity index (χ0n) is 10.5. The highest BCUT2D eigenvalue weighted by molar-refractivity contribution is 5.74. The van der Waals surface area contributed by atoms with E-state index in [1.165, 1.54) is 19.3 Å². The Labute approximate surface area is 98.2 Å². The number of carboxylic acid groups (broad SMARTS) is 1. The van der Waals surface area contributed by atoms with Gasteiger partial charge in [0.2, 0.25) is 0 Å². The molecule has 1 saturated heterocycles. The Morgan fingerprint density at radius 2 is 2.00 bits per heavy atom. The van der Waals surface area contributed by atoms with Crippen LogP contribution in [0.4, 0.5) is 0 Å². The predicted octanol–water partition coefficient (Wildman–Crippen LogP) is 3.23. The van der Waals surface area contributed by atoms with E-state index >= 15 is 0 Å². The number of epoxide rings is 1. The van der Waals surface area contributed by atoms with Gasteiger partial charge in [-0.3, -0.25) is 4.79 Å². The third-order valence-electron chi connectivity index (χ3n) is 3.43. The van der Waals surface area contributed by atoms with Crippen molar-refractivity contribution in [2.24, 2.45) is 5.41 Å². The summed E-state index contributed by atoms with van der Waals surface area (Å²) in [6, 6.07) is 0. The molecule has 0 aliphatic carbocycles. The van der Waals surface area contributed by atoms with E-state index in [2.05, 4.69) is 6.92 Å². The average Bonchev–Trinajstić information content (AvgIpc) is 3.01. The number of ether oxygens (including phenoxy) is 1. The summed E-state index contributed by atoms with van der Waals surface area (Å²) in [7, 11) is 0. The Bertz CT molecular complexity index is 223. The molecule has 1 heterocycles. The molecule has 16 heavy (non-hydrogen) atoms. The van der Waals surface area contributed by atoms with Crippen LogP contribution in [-0.4, -0.2) is 23.8 Å². The van der Waals surface area contributed by atoms with Gasteiger partial charge in [0.05, 0.1) is 18.1 Å². The molecule has 0 spiro atoms. The van der Waals surface area contributed by atoms with Gasteiger partial charge < -0.3 is 9.84 Å². The second kappa shape index (κ2) is 6.24. The number of hydrogen-bond acceptors (Lipinski definition) is 2. The lowest BCUT2D eigenvalue weighted by Gasteiger charge is -2.23. The van der Waals surface area contributed by atoms with Crippen LogP contribution in [0, 0.1) is 5.41 Å². The summed E-state index contributed by atoms with van der Waals surface area (Å²) < 4.78 is 5.14. The second-order valence-electron chi connectivity index (χ2n) is 5.19. The van der Waals surface area contributed by atoms with Gasteiger partial charge in [0.1, 0.15) is 0 Å². The van der Waals surface area contributed by atoms with Crippen molar-refractivity contribution in [2.75, 3.05) is 6.61 Å². The van der Waals surface area contributed by atoms with Crippen molar-refractivity contribution in [3.63, 3.8) is 0 Å². The minimum absolute atomic E-state index is 0.205. The Morgan fingerprint density at radius 1 is 1.38 bits per heavy atom. The van der Waals surface area contributed by atoms with E-state index in [0.29, 0.717) is 6.42 Å². The first-order valence-corrected chi connectivity index (χ1v) is 6.43. The summed E-state index contributed by atoms with van der Waals surface area (Å²) in [5.74, 6) is -0.668. The van der Waals surface area contributed by atoms with Crippen LogP contribution in [0.5, 0.6) is 0 Å². The first kappa shape index (κ1) is 13.5. The normalized spacial score (nSPS) is 22.8. The van der Waals surface area contributed by atoms with Crippen LogP contribution in [0.3, 0.4) is 0 Å². The predicted molar refractivity (Wildman–Crippen MR) is 63.5 cm³/mol. The van der Waals surface area contributed by atoms with Crippen molar-refractivity contribution in [1.82, 2.24) is 0 Å². The fraction of sp³-hybridized carbons (Fsp3) is 0.923. The molecule has 1 N–H and O–H groups in total. The number of aliphatic carboxylic acids is 1. The van der Waals surface area contributed by atoms with Crippen LogP contribution in [0.1, 0.15) is 58.8 Å². The molecule has 0 radical (unpaired) electrons.